The van der Waals surface area contributed by atoms with Crippen LogP contribution < -0.4 is 4.72 Å². The smallest absolute Gasteiger partial charge is 0.215 e. The highest BCUT2D eigenvalue weighted by Crippen LogP contribution is 2.25. The predicted molar refractivity (Wildman–Crippen MR) is 110 cm³/mol. The van der Waals surface area contributed by atoms with Gasteiger partial charge in [0.15, 0.2) is 0 Å². The van der Waals surface area contributed by atoms with E-state index in [1.807, 2.05) is 30.3 Å². The average molecular weight is 401 g/mol. The van der Waals surface area contributed by atoms with Gasteiger partial charge in [0.25, 0.3) is 0 Å². The molecule has 1 N–H and O–H groups in total. The molecule has 2 heterocycles. The van der Waals surface area contributed by atoms with Crippen molar-refractivity contribution >= 4 is 33.5 Å². The van der Waals surface area contributed by atoms with Crippen LogP contribution in [0.1, 0.15) is 18.4 Å². The maximum Gasteiger partial charge on any atom is 0.215 e. The van der Waals surface area contributed by atoms with E-state index in [0.717, 1.165) is 18.5 Å². The topological polar surface area (TPSA) is 49.4 Å². The Morgan fingerprint density at radius 1 is 1.12 bits per heavy atom. The summed E-state index contributed by atoms with van der Waals surface area (Å²) in [7, 11) is -3.26. The lowest BCUT2D eigenvalue weighted by atomic mass is 9.97. The molecule has 1 aromatic carbocycles. The Morgan fingerprint density at radius 3 is 2.56 bits per heavy atom. The number of likely N-dealkylation sites (tertiary alicyclic amines) is 1. The molecule has 0 bridgehead atoms. The number of nitrogens with zero attached hydrogens (tertiary/aromatic N) is 1. The normalized spacial score (nSPS) is 24.1. The van der Waals surface area contributed by atoms with E-state index >= 15 is 0 Å². The van der Waals surface area contributed by atoms with Crippen molar-refractivity contribution in [2.24, 2.45) is 5.92 Å². The first-order valence-electron chi connectivity index (χ1n) is 9.03. The lowest BCUT2D eigenvalue weighted by Crippen LogP contribution is -2.47. The van der Waals surface area contributed by atoms with Crippen LogP contribution >= 0.6 is 23.5 Å². The quantitative estimate of drug-likeness (QED) is 0.796. The van der Waals surface area contributed by atoms with Crippen LogP contribution in [0.3, 0.4) is 0 Å². The lowest BCUT2D eigenvalue weighted by Gasteiger charge is -2.37. The van der Waals surface area contributed by atoms with Crippen LogP contribution in [-0.2, 0) is 15.8 Å². The average Bonchev–Trinajstić information content (AvgIpc) is 2.90. The molecule has 0 radical (unpaired) electrons. The van der Waals surface area contributed by atoms with Crippen molar-refractivity contribution in [1.82, 2.24) is 9.62 Å². The summed E-state index contributed by atoms with van der Waals surface area (Å²) in [5.41, 5.74) is 0.841. The van der Waals surface area contributed by atoms with Gasteiger partial charge in [-0.15, -0.1) is 0 Å². The third-order valence-corrected chi connectivity index (χ3v) is 8.66. The minimum atomic E-state index is -3.26. The van der Waals surface area contributed by atoms with Crippen molar-refractivity contribution in [2.45, 2.75) is 24.6 Å². The maximum atomic E-state index is 12.3. The largest absolute Gasteiger partial charge is 0.298 e. The summed E-state index contributed by atoms with van der Waals surface area (Å²) in [6, 6.07) is 10.1. The summed E-state index contributed by atoms with van der Waals surface area (Å²) in [5.74, 6) is 5.46. The summed E-state index contributed by atoms with van der Waals surface area (Å²) in [5, 5.41) is 0. The van der Waals surface area contributed by atoms with Gasteiger partial charge in [-0.1, -0.05) is 30.3 Å². The second-order valence-electron chi connectivity index (χ2n) is 6.90. The number of thioether (sulfide) groups is 2. The molecule has 0 aromatic heterocycles. The second kappa shape index (κ2) is 9.65. The Bertz CT molecular complexity index is 616. The fourth-order valence-electron chi connectivity index (χ4n) is 3.50. The molecular formula is C18H28N2O2S3. The Morgan fingerprint density at radius 2 is 1.84 bits per heavy atom. The van der Waals surface area contributed by atoms with Crippen LogP contribution in [-0.4, -0.2) is 62.0 Å². The monoisotopic (exact) mass is 400 g/mol. The molecule has 4 nitrogen and oxygen atoms in total. The number of sulfonamides is 1. The molecule has 1 aromatic rings. The minimum absolute atomic E-state index is 0.0696. The fourth-order valence-corrected chi connectivity index (χ4v) is 7.35. The number of rotatable bonds is 6. The van der Waals surface area contributed by atoms with Crippen LogP contribution in [0.5, 0.6) is 0 Å². The maximum absolute atomic E-state index is 12.3. The van der Waals surface area contributed by atoms with Crippen molar-refractivity contribution in [3.8, 4) is 0 Å². The van der Waals surface area contributed by atoms with Crippen LogP contribution in [0.15, 0.2) is 30.3 Å². The van der Waals surface area contributed by atoms with Gasteiger partial charge in [-0.3, -0.25) is 4.90 Å². The molecule has 1 atom stereocenters. The van der Waals surface area contributed by atoms with Crippen molar-refractivity contribution < 1.29 is 8.42 Å². The molecule has 2 aliphatic heterocycles. The zero-order chi connectivity index (χ0) is 17.5. The van der Waals surface area contributed by atoms with Crippen molar-refractivity contribution in [3.63, 3.8) is 0 Å². The second-order valence-corrected chi connectivity index (χ2v) is 11.0. The lowest BCUT2D eigenvalue weighted by molar-refractivity contribution is 0.146. The SMILES string of the molecule is O=S(=O)(Cc1ccccc1)NCC1CCCN(C2CSCCSC2)C1. The van der Waals surface area contributed by atoms with Crippen LogP contribution in [0.4, 0.5) is 0 Å². The Labute approximate surface area is 160 Å². The highest BCUT2D eigenvalue weighted by atomic mass is 32.2. The zero-order valence-electron chi connectivity index (χ0n) is 14.6. The van der Waals surface area contributed by atoms with E-state index in [1.165, 1.54) is 36.0 Å². The third-order valence-electron chi connectivity index (χ3n) is 4.85. The molecule has 2 saturated heterocycles. The van der Waals surface area contributed by atoms with Gasteiger partial charge < -0.3 is 0 Å². The van der Waals surface area contributed by atoms with E-state index in [2.05, 4.69) is 33.1 Å². The van der Waals surface area contributed by atoms with Gasteiger partial charge in [0.1, 0.15) is 0 Å². The molecule has 1 unspecified atom stereocenters. The molecule has 25 heavy (non-hydrogen) atoms. The molecule has 3 rings (SSSR count). The first kappa shape index (κ1) is 19.5. The number of hydrogen-bond donors (Lipinski definition) is 1. The molecule has 2 fully saturated rings. The minimum Gasteiger partial charge on any atom is -0.298 e. The van der Waals surface area contributed by atoms with Crippen LogP contribution in [0, 0.1) is 5.92 Å². The summed E-state index contributed by atoms with van der Waals surface area (Å²) in [4.78, 5) is 2.60. The molecule has 0 amide bonds. The first-order chi connectivity index (χ1) is 12.1. The van der Waals surface area contributed by atoms with Gasteiger partial charge in [-0.25, -0.2) is 13.1 Å². The number of nitrogens with one attached hydrogen (secondary N) is 1. The molecule has 7 heteroatoms. The summed E-state index contributed by atoms with van der Waals surface area (Å²) in [6.07, 6.45) is 2.30. The predicted octanol–water partition coefficient (Wildman–Crippen LogP) is 2.67. The van der Waals surface area contributed by atoms with E-state index in [-0.39, 0.29) is 5.75 Å². The number of benzene rings is 1. The number of hydrogen-bond acceptors (Lipinski definition) is 5. The van der Waals surface area contributed by atoms with Crippen molar-refractivity contribution in [3.05, 3.63) is 35.9 Å². The van der Waals surface area contributed by atoms with E-state index in [0.29, 0.717) is 18.5 Å². The highest BCUT2D eigenvalue weighted by molar-refractivity contribution is 8.03. The zero-order valence-corrected chi connectivity index (χ0v) is 17.1. The Hall–Kier alpha value is -0.210. The van der Waals surface area contributed by atoms with Gasteiger partial charge in [0, 0.05) is 42.1 Å². The summed E-state index contributed by atoms with van der Waals surface area (Å²) >= 11 is 4.13. The molecule has 2 aliphatic rings. The highest BCUT2D eigenvalue weighted by Gasteiger charge is 2.27. The summed E-state index contributed by atoms with van der Waals surface area (Å²) < 4.78 is 27.5. The van der Waals surface area contributed by atoms with Gasteiger partial charge in [-0.05, 0) is 30.9 Å². The molecule has 0 spiro atoms. The fraction of sp³-hybridized carbons (Fsp3) is 0.667. The molecule has 0 aliphatic carbocycles. The first-order valence-corrected chi connectivity index (χ1v) is 13.0. The van der Waals surface area contributed by atoms with E-state index < -0.39 is 10.0 Å². The Balaban J connectivity index is 1.48. The number of piperidine rings is 1. The molecule has 0 saturated carbocycles. The van der Waals surface area contributed by atoms with Gasteiger partial charge in [-0.2, -0.15) is 23.5 Å². The van der Waals surface area contributed by atoms with Gasteiger partial charge in [0.2, 0.25) is 10.0 Å². The van der Waals surface area contributed by atoms with Crippen LogP contribution in [0.25, 0.3) is 0 Å². The van der Waals surface area contributed by atoms with Gasteiger partial charge >= 0.3 is 0 Å². The molecular weight excluding hydrogens is 372 g/mol. The third kappa shape index (κ3) is 6.47. The van der Waals surface area contributed by atoms with Crippen LogP contribution in [0.2, 0.25) is 0 Å². The standard InChI is InChI=1S/C18H28N2O2S3/c21-25(22,15-16-5-2-1-3-6-16)19-11-17-7-4-8-20(12-17)18-13-23-9-10-24-14-18/h1-3,5-6,17-19H,4,7-15H2. The Kier molecular flexibility index (Phi) is 7.54. The van der Waals surface area contributed by atoms with Gasteiger partial charge in [0.05, 0.1) is 5.75 Å². The van der Waals surface area contributed by atoms with E-state index in [1.54, 1.807) is 0 Å². The summed E-state index contributed by atoms with van der Waals surface area (Å²) in [6.45, 7) is 2.76. The van der Waals surface area contributed by atoms with Crippen molar-refractivity contribution in [1.29, 1.82) is 0 Å². The van der Waals surface area contributed by atoms with E-state index in [4.69, 9.17) is 0 Å². The molecule has 140 valence electrons. The van der Waals surface area contributed by atoms with Crippen molar-refractivity contribution in [2.75, 3.05) is 42.6 Å². The van der Waals surface area contributed by atoms with E-state index in [9.17, 15) is 8.42 Å².